The SMILES string of the molecule is Cc1cccc(S(=O)(=O)N2Cc3ccnn3C[C@H](CCN(C)C)C2)c1. The summed E-state index contributed by atoms with van der Waals surface area (Å²) in [6.45, 7) is 4.49. The molecule has 6 nitrogen and oxygen atoms in total. The molecule has 7 heteroatoms. The van der Waals surface area contributed by atoms with Crippen LogP contribution in [0.25, 0.3) is 0 Å². The molecule has 0 amide bonds. The van der Waals surface area contributed by atoms with E-state index in [0.717, 1.165) is 30.8 Å². The monoisotopic (exact) mass is 362 g/mol. The van der Waals surface area contributed by atoms with Crippen LogP contribution in [0.4, 0.5) is 0 Å². The Morgan fingerprint density at radius 1 is 1.24 bits per heavy atom. The van der Waals surface area contributed by atoms with Gasteiger partial charge in [-0.05, 0) is 63.7 Å². The number of hydrogen-bond acceptors (Lipinski definition) is 4. The molecular weight excluding hydrogens is 336 g/mol. The van der Waals surface area contributed by atoms with Crippen LogP contribution >= 0.6 is 0 Å². The number of aryl methyl sites for hydroxylation is 1. The Balaban J connectivity index is 1.91. The first-order chi connectivity index (χ1) is 11.9. The summed E-state index contributed by atoms with van der Waals surface area (Å²) in [5.41, 5.74) is 1.90. The van der Waals surface area contributed by atoms with Gasteiger partial charge in [-0.1, -0.05) is 12.1 Å². The first kappa shape index (κ1) is 18.1. The van der Waals surface area contributed by atoms with E-state index in [1.165, 1.54) is 0 Å². The van der Waals surface area contributed by atoms with Gasteiger partial charge in [-0.25, -0.2) is 8.42 Å². The molecule has 2 heterocycles. The Kier molecular flexibility index (Phi) is 5.27. The molecule has 136 valence electrons. The molecule has 25 heavy (non-hydrogen) atoms. The smallest absolute Gasteiger partial charge is 0.243 e. The Labute approximate surface area is 150 Å². The third kappa shape index (κ3) is 4.11. The van der Waals surface area contributed by atoms with Crippen LogP contribution in [0, 0.1) is 12.8 Å². The average Bonchev–Trinajstić information content (AvgIpc) is 2.90. The molecule has 3 rings (SSSR count). The molecule has 0 saturated carbocycles. The van der Waals surface area contributed by atoms with Crippen molar-refractivity contribution < 1.29 is 8.42 Å². The van der Waals surface area contributed by atoms with Gasteiger partial charge in [-0.2, -0.15) is 9.40 Å². The number of rotatable bonds is 5. The highest BCUT2D eigenvalue weighted by atomic mass is 32.2. The van der Waals surface area contributed by atoms with Gasteiger partial charge in [0.25, 0.3) is 0 Å². The van der Waals surface area contributed by atoms with Gasteiger partial charge in [-0.15, -0.1) is 0 Å². The minimum Gasteiger partial charge on any atom is -0.309 e. The van der Waals surface area contributed by atoms with E-state index in [-0.39, 0.29) is 5.92 Å². The third-order valence-electron chi connectivity index (χ3n) is 4.65. The van der Waals surface area contributed by atoms with Crippen molar-refractivity contribution in [1.82, 2.24) is 19.0 Å². The molecule has 1 aliphatic heterocycles. The number of nitrogens with zero attached hydrogens (tertiary/aromatic N) is 4. The maximum absolute atomic E-state index is 13.2. The van der Waals surface area contributed by atoms with Crippen LogP contribution in [0.2, 0.25) is 0 Å². The van der Waals surface area contributed by atoms with Crippen molar-refractivity contribution in [1.29, 1.82) is 0 Å². The summed E-state index contributed by atoms with van der Waals surface area (Å²) in [6.07, 6.45) is 2.69. The molecule has 0 radical (unpaired) electrons. The fourth-order valence-electron chi connectivity index (χ4n) is 3.23. The van der Waals surface area contributed by atoms with Gasteiger partial charge in [0.2, 0.25) is 10.0 Å². The molecular formula is C18H26N4O2S. The van der Waals surface area contributed by atoms with Crippen molar-refractivity contribution in [3.05, 3.63) is 47.8 Å². The number of aromatic nitrogens is 2. The van der Waals surface area contributed by atoms with Crippen molar-refractivity contribution in [2.24, 2.45) is 5.92 Å². The van der Waals surface area contributed by atoms with Crippen LogP contribution in [-0.2, 0) is 23.1 Å². The third-order valence-corrected chi connectivity index (χ3v) is 6.46. The number of sulfonamides is 1. The standard InChI is InChI=1S/C18H26N4O2S/c1-15-5-4-6-18(11-15)25(23,24)21-12-16(8-10-20(2)3)13-22-17(14-21)7-9-19-22/h4-7,9,11,16H,8,10,12-14H2,1-3H3/t16-/m1/s1. The second-order valence-corrected chi connectivity index (χ2v) is 9.01. The zero-order valence-electron chi connectivity index (χ0n) is 15.1. The van der Waals surface area contributed by atoms with Gasteiger partial charge >= 0.3 is 0 Å². The highest BCUT2D eigenvalue weighted by Gasteiger charge is 2.31. The summed E-state index contributed by atoms with van der Waals surface area (Å²) >= 11 is 0. The first-order valence-corrected chi connectivity index (χ1v) is 10.0. The summed E-state index contributed by atoms with van der Waals surface area (Å²) in [5.74, 6) is 0.239. The van der Waals surface area contributed by atoms with E-state index in [4.69, 9.17) is 0 Å². The highest BCUT2D eigenvalue weighted by Crippen LogP contribution is 2.25. The van der Waals surface area contributed by atoms with Gasteiger partial charge in [0.1, 0.15) is 0 Å². The molecule has 1 aliphatic rings. The number of hydrogen-bond donors (Lipinski definition) is 0. The Morgan fingerprint density at radius 3 is 2.76 bits per heavy atom. The van der Waals surface area contributed by atoms with Crippen molar-refractivity contribution in [3.63, 3.8) is 0 Å². The predicted molar refractivity (Wildman–Crippen MR) is 97.7 cm³/mol. The van der Waals surface area contributed by atoms with Gasteiger partial charge in [-0.3, -0.25) is 4.68 Å². The fourth-order valence-corrected chi connectivity index (χ4v) is 4.82. The minimum atomic E-state index is -3.52. The normalized spacial score (nSPS) is 19.0. The molecule has 0 fully saturated rings. The molecule has 0 unspecified atom stereocenters. The van der Waals surface area contributed by atoms with E-state index < -0.39 is 10.0 Å². The zero-order chi connectivity index (χ0) is 18.0. The van der Waals surface area contributed by atoms with Crippen LogP contribution in [0.15, 0.2) is 41.4 Å². The van der Waals surface area contributed by atoms with Gasteiger partial charge < -0.3 is 4.90 Å². The molecule has 0 spiro atoms. The van der Waals surface area contributed by atoms with Gasteiger partial charge in [0.15, 0.2) is 0 Å². The molecule has 0 saturated heterocycles. The second-order valence-electron chi connectivity index (χ2n) is 7.08. The summed E-state index contributed by atoms with van der Waals surface area (Å²) in [4.78, 5) is 2.50. The Hall–Kier alpha value is -1.70. The van der Waals surface area contributed by atoms with E-state index in [1.54, 1.807) is 28.7 Å². The van der Waals surface area contributed by atoms with E-state index in [1.807, 2.05) is 37.8 Å². The van der Waals surface area contributed by atoms with Crippen LogP contribution in [0.5, 0.6) is 0 Å². The van der Waals surface area contributed by atoms with E-state index in [0.29, 0.717) is 18.0 Å². The average molecular weight is 362 g/mol. The second kappa shape index (κ2) is 7.27. The van der Waals surface area contributed by atoms with Crippen LogP contribution in [0.3, 0.4) is 0 Å². The molecule has 0 bridgehead atoms. The summed E-state index contributed by atoms with van der Waals surface area (Å²) in [6, 6.07) is 9.04. The lowest BCUT2D eigenvalue weighted by Crippen LogP contribution is -2.35. The van der Waals surface area contributed by atoms with Crippen LogP contribution in [0.1, 0.15) is 17.7 Å². The summed E-state index contributed by atoms with van der Waals surface area (Å²) in [7, 11) is 0.557. The van der Waals surface area contributed by atoms with Gasteiger partial charge in [0.05, 0.1) is 17.1 Å². The minimum absolute atomic E-state index is 0.239. The quantitative estimate of drug-likeness (QED) is 0.816. The van der Waals surface area contributed by atoms with E-state index >= 15 is 0 Å². The molecule has 1 aromatic carbocycles. The Bertz CT molecular complexity index is 829. The highest BCUT2D eigenvalue weighted by molar-refractivity contribution is 7.89. The first-order valence-electron chi connectivity index (χ1n) is 8.58. The maximum atomic E-state index is 13.2. The lowest BCUT2D eigenvalue weighted by atomic mass is 10.1. The molecule has 2 aromatic rings. The summed E-state index contributed by atoms with van der Waals surface area (Å²) in [5, 5.41) is 4.38. The van der Waals surface area contributed by atoms with Crippen molar-refractivity contribution >= 4 is 10.0 Å². The predicted octanol–water partition coefficient (Wildman–Crippen LogP) is 1.96. The topological polar surface area (TPSA) is 58.4 Å². The fraction of sp³-hybridized carbons (Fsp3) is 0.500. The zero-order valence-corrected chi connectivity index (χ0v) is 15.9. The lowest BCUT2D eigenvalue weighted by molar-refractivity contribution is 0.285. The van der Waals surface area contributed by atoms with Crippen molar-refractivity contribution in [2.45, 2.75) is 31.3 Å². The largest absolute Gasteiger partial charge is 0.309 e. The summed E-state index contributed by atoms with van der Waals surface area (Å²) < 4.78 is 30.0. The Morgan fingerprint density at radius 2 is 2.04 bits per heavy atom. The van der Waals surface area contributed by atoms with E-state index in [9.17, 15) is 8.42 Å². The number of fused-ring (bicyclic) bond motifs is 1. The maximum Gasteiger partial charge on any atom is 0.243 e. The molecule has 1 atom stereocenters. The number of benzene rings is 1. The molecule has 1 aromatic heterocycles. The van der Waals surface area contributed by atoms with Crippen LogP contribution in [-0.4, -0.2) is 54.6 Å². The van der Waals surface area contributed by atoms with E-state index in [2.05, 4.69) is 10.00 Å². The lowest BCUT2D eigenvalue weighted by Gasteiger charge is -2.24. The van der Waals surface area contributed by atoms with Gasteiger partial charge in [0, 0.05) is 19.3 Å². The molecule has 0 aliphatic carbocycles. The van der Waals surface area contributed by atoms with Crippen molar-refractivity contribution in [3.8, 4) is 0 Å². The molecule has 0 N–H and O–H groups in total. The van der Waals surface area contributed by atoms with Crippen LogP contribution < -0.4 is 0 Å². The van der Waals surface area contributed by atoms with Crippen molar-refractivity contribution in [2.75, 3.05) is 27.2 Å².